The Morgan fingerprint density at radius 1 is 1.62 bits per heavy atom. The minimum Gasteiger partial charge on any atom is -0.348 e. The van der Waals surface area contributed by atoms with Crippen LogP contribution < -0.4 is 5.32 Å². The summed E-state index contributed by atoms with van der Waals surface area (Å²) in [5.41, 5.74) is 1.48. The zero-order valence-electron chi connectivity index (χ0n) is 7.58. The van der Waals surface area contributed by atoms with Gasteiger partial charge in [-0.05, 0) is 31.4 Å². The van der Waals surface area contributed by atoms with Crippen molar-refractivity contribution >= 4 is 5.91 Å². The normalized spacial score (nSPS) is 15.5. The molecule has 2 rings (SSSR count). The Bertz CT molecular complexity index is 331. The van der Waals surface area contributed by atoms with Gasteiger partial charge >= 0.3 is 0 Å². The maximum Gasteiger partial charge on any atom is 0.270 e. The van der Waals surface area contributed by atoms with Gasteiger partial charge in [0.2, 0.25) is 0 Å². The van der Waals surface area contributed by atoms with E-state index in [0.29, 0.717) is 11.7 Å². The van der Waals surface area contributed by atoms with Crippen molar-refractivity contribution in [2.45, 2.75) is 25.8 Å². The van der Waals surface area contributed by atoms with Gasteiger partial charge in [-0.2, -0.15) is 0 Å². The molecule has 1 fully saturated rings. The third-order valence-corrected chi connectivity index (χ3v) is 2.14. The molecule has 0 aromatic carbocycles. The number of aryl methyl sites for hydroxylation is 1. The molecule has 0 saturated heterocycles. The van der Waals surface area contributed by atoms with E-state index < -0.39 is 0 Å². The fourth-order valence-electron chi connectivity index (χ4n) is 1.20. The number of aromatic nitrogens is 1. The first-order chi connectivity index (χ1) is 6.27. The van der Waals surface area contributed by atoms with Crippen molar-refractivity contribution in [2.24, 2.45) is 0 Å². The van der Waals surface area contributed by atoms with Gasteiger partial charge in [0.05, 0.1) is 0 Å². The standard InChI is InChI=1S/C10H12N2O/c1-7-3-2-6-11-9(7)10(13)12-8-4-5-8/h2-3,6,8H,4-5H2,1H3,(H,12,13). The van der Waals surface area contributed by atoms with Crippen LogP contribution in [0.15, 0.2) is 18.3 Å². The van der Waals surface area contributed by atoms with Crippen molar-refractivity contribution < 1.29 is 4.79 Å². The van der Waals surface area contributed by atoms with Crippen molar-refractivity contribution in [3.05, 3.63) is 29.6 Å². The molecular weight excluding hydrogens is 164 g/mol. The fourth-order valence-corrected chi connectivity index (χ4v) is 1.20. The van der Waals surface area contributed by atoms with E-state index in [-0.39, 0.29) is 5.91 Å². The number of rotatable bonds is 2. The number of nitrogens with zero attached hydrogens (tertiary/aromatic N) is 1. The third-order valence-electron chi connectivity index (χ3n) is 2.14. The number of amides is 1. The molecule has 0 radical (unpaired) electrons. The van der Waals surface area contributed by atoms with Gasteiger partial charge < -0.3 is 5.32 Å². The van der Waals surface area contributed by atoms with Crippen LogP contribution in [0.3, 0.4) is 0 Å². The van der Waals surface area contributed by atoms with Gasteiger partial charge in [-0.1, -0.05) is 6.07 Å². The number of carbonyl (C=O) groups is 1. The SMILES string of the molecule is Cc1cccnc1C(=O)NC1CC1. The zero-order valence-corrected chi connectivity index (χ0v) is 7.58. The van der Waals surface area contributed by atoms with Crippen molar-refractivity contribution in [1.82, 2.24) is 10.3 Å². The third kappa shape index (κ3) is 1.86. The fraction of sp³-hybridized carbons (Fsp3) is 0.400. The summed E-state index contributed by atoms with van der Waals surface area (Å²) in [6.07, 6.45) is 3.87. The van der Waals surface area contributed by atoms with Gasteiger partial charge in [0.15, 0.2) is 0 Å². The van der Waals surface area contributed by atoms with Crippen molar-refractivity contribution in [2.75, 3.05) is 0 Å². The van der Waals surface area contributed by atoms with Gasteiger partial charge in [0.25, 0.3) is 5.91 Å². The lowest BCUT2D eigenvalue weighted by Gasteiger charge is -2.04. The van der Waals surface area contributed by atoms with Crippen LogP contribution in [0, 0.1) is 6.92 Å². The molecule has 0 aliphatic heterocycles. The number of carbonyl (C=O) groups excluding carboxylic acids is 1. The summed E-state index contributed by atoms with van der Waals surface area (Å²) in [4.78, 5) is 15.6. The topological polar surface area (TPSA) is 42.0 Å². The Labute approximate surface area is 77.2 Å². The Balaban J connectivity index is 2.13. The Morgan fingerprint density at radius 3 is 3.00 bits per heavy atom. The van der Waals surface area contributed by atoms with Crippen LogP contribution in [-0.4, -0.2) is 16.9 Å². The molecule has 1 heterocycles. The van der Waals surface area contributed by atoms with E-state index in [1.54, 1.807) is 6.20 Å². The summed E-state index contributed by atoms with van der Waals surface area (Å²) >= 11 is 0. The highest BCUT2D eigenvalue weighted by Gasteiger charge is 2.24. The van der Waals surface area contributed by atoms with Crippen LogP contribution in [0.4, 0.5) is 0 Å². The first kappa shape index (κ1) is 8.23. The summed E-state index contributed by atoms with van der Waals surface area (Å²) in [7, 11) is 0. The first-order valence-electron chi connectivity index (χ1n) is 4.50. The molecule has 1 N–H and O–H groups in total. The molecular formula is C10H12N2O. The molecule has 0 spiro atoms. The van der Waals surface area contributed by atoms with Crippen LogP contribution in [0.2, 0.25) is 0 Å². The maximum absolute atomic E-state index is 11.5. The predicted molar refractivity (Wildman–Crippen MR) is 49.5 cm³/mol. The highest BCUT2D eigenvalue weighted by Crippen LogP contribution is 2.19. The Morgan fingerprint density at radius 2 is 2.38 bits per heavy atom. The second kappa shape index (κ2) is 3.17. The molecule has 0 bridgehead atoms. The smallest absolute Gasteiger partial charge is 0.270 e. The molecule has 3 nitrogen and oxygen atoms in total. The highest BCUT2D eigenvalue weighted by molar-refractivity contribution is 5.93. The largest absolute Gasteiger partial charge is 0.348 e. The Hall–Kier alpha value is -1.38. The molecule has 13 heavy (non-hydrogen) atoms. The molecule has 3 heteroatoms. The molecule has 1 aliphatic carbocycles. The summed E-state index contributed by atoms with van der Waals surface area (Å²) < 4.78 is 0. The summed E-state index contributed by atoms with van der Waals surface area (Å²) in [5, 5.41) is 2.91. The number of pyridine rings is 1. The first-order valence-corrected chi connectivity index (χ1v) is 4.50. The van der Waals surface area contributed by atoms with Crippen molar-refractivity contribution in [3.8, 4) is 0 Å². The molecule has 68 valence electrons. The average Bonchev–Trinajstić information content (AvgIpc) is 2.89. The lowest BCUT2D eigenvalue weighted by Crippen LogP contribution is -2.26. The molecule has 1 aromatic heterocycles. The van der Waals surface area contributed by atoms with Crippen molar-refractivity contribution in [3.63, 3.8) is 0 Å². The van der Waals surface area contributed by atoms with E-state index in [1.807, 2.05) is 19.1 Å². The number of nitrogens with one attached hydrogen (secondary N) is 1. The van der Waals surface area contributed by atoms with Gasteiger partial charge in [-0.3, -0.25) is 9.78 Å². The second-order valence-corrected chi connectivity index (χ2v) is 3.42. The van der Waals surface area contributed by atoms with Crippen LogP contribution in [0.25, 0.3) is 0 Å². The second-order valence-electron chi connectivity index (χ2n) is 3.42. The quantitative estimate of drug-likeness (QED) is 0.737. The molecule has 0 unspecified atom stereocenters. The van der Waals surface area contributed by atoms with Crippen LogP contribution >= 0.6 is 0 Å². The van der Waals surface area contributed by atoms with Gasteiger partial charge in [0.1, 0.15) is 5.69 Å². The average molecular weight is 176 g/mol. The lowest BCUT2D eigenvalue weighted by atomic mass is 10.2. The number of hydrogen-bond donors (Lipinski definition) is 1. The maximum atomic E-state index is 11.5. The predicted octanol–water partition coefficient (Wildman–Crippen LogP) is 1.28. The van der Waals surface area contributed by atoms with Gasteiger partial charge in [-0.15, -0.1) is 0 Å². The van der Waals surface area contributed by atoms with Crippen molar-refractivity contribution in [1.29, 1.82) is 0 Å². The van der Waals surface area contributed by atoms with E-state index in [0.717, 1.165) is 18.4 Å². The molecule has 1 aromatic rings. The minimum absolute atomic E-state index is 0.0411. The molecule has 0 atom stereocenters. The summed E-state index contributed by atoms with van der Waals surface area (Å²) in [5.74, 6) is -0.0411. The summed E-state index contributed by atoms with van der Waals surface area (Å²) in [6.45, 7) is 1.90. The van der Waals surface area contributed by atoms with Gasteiger partial charge in [0, 0.05) is 12.2 Å². The van der Waals surface area contributed by atoms with Crippen LogP contribution in [0.5, 0.6) is 0 Å². The molecule has 1 saturated carbocycles. The molecule has 1 amide bonds. The van der Waals surface area contributed by atoms with E-state index in [9.17, 15) is 4.79 Å². The highest BCUT2D eigenvalue weighted by atomic mass is 16.2. The van der Waals surface area contributed by atoms with E-state index in [1.165, 1.54) is 0 Å². The van der Waals surface area contributed by atoms with Gasteiger partial charge in [-0.25, -0.2) is 0 Å². The van der Waals surface area contributed by atoms with E-state index >= 15 is 0 Å². The van der Waals surface area contributed by atoms with E-state index in [2.05, 4.69) is 10.3 Å². The monoisotopic (exact) mass is 176 g/mol. The van der Waals surface area contributed by atoms with Crippen LogP contribution in [0.1, 0.15) is 28.9 Å². The van der Waals surface area contributed by atoms with E-state index in [4.69, 9.17) is 0 Å². The summed E-state index contributed by atoms with van der Waals surface area (Å²) in [6, 6.07) is 4.13. The molecule has 1 aliphatic rings. The minimum atomic E-state index is -0.0411. The Kier molecular flexibility index (Phi) is 2.00. The van der Waals surface area contributed by atoms with Crippen LogP contribution in [-0.2, 0) is 0 Å². The number of hydrogen-bond acceptors (Lipinski definition) is 2. The zero-order chi connectivity index (χ0) is 9.26. The lowest BCUT2D eigenvalue weighted by molar-refractivity contribution is 0.0945.